The minimum absolute atomic E-state index is 0.485. The Balaban J connectivity index is 2.22. The highest BCUT2D eigenvalue weighted by atomic mass is 15.2. The smallest absolute Gasteiger partial charge is 0.167 e. The van der Waals surface area contributed by atoms with Crippen molar-refractivity contribution in [2.45, 2.75) is 20.4 Å². The fraction of sp³-hybridized carbons (Fsp3) is 0.273. The summed E-state index contributed by atoms with van der Waals surface area (Å²) in [6.45, 7) is 4.18. The highest BCUT2D eigenvalue weighted by Crippen LogP contribution is 2.17. The van der Waals surface area contributed by atoms with E-state index in [1.807, 2.05) is 13.8 Å². The van der Waals surface area contributed by atoms with Gasteiger partial charge in [-0.2, -0.15) is 10.4 Å². The number of rotatable bonds is 3. The largest absolute Gasteiger partial charge is 0.360 e. The fourth-order valence-electron chi connectivity index (χ4n) is 1.43. The molecule has 0 bridgehead atoms. The van der Waals surface area contributed by atoms with Crippen molar-refractivity contribution >= 4 is 5.82 Å². The van der Waals surface area contributed by atoms with Gasteiger partial charge in [-0.25, -0.2) is 4.98 Å². The topological polar surface area (TPSA) is 90.3 Å². The van der Waals surface area contributed by atoms with E-state index in [4.69, 9.17) is 5.26 Å². The Morgan fingerprint density at radius 1 is 1.41 bits per heavy atom. The summed E-state index contributed by atoms with van der Waals surface area (Å²) >= 11 is 0. The molecule has 6 heteroatoms. The molecule has 0 spiro atoms. The molecule has 2 rings (SSSR count). The Morgan fingerprint density at radius 2 is 2.24 bits per heavy atom. The average Bonchev–Trinajstić information content (AvgIpc) is 2.83. The number of hydrogen-bond donors (Lipinski definition) is 2. The van der Waals surface area contributed by atoms with Crippen molar-refractivity contribution in [3.05, 3.63) is 35.0 Å². The van der Waals surface area contributed by atoms with Gasteiger partial charge in [0.25, 0.3) is 0 Å². The first-order valence-electron chi connectivity index (χ1n) is 5.18. The van der Waals surface area contributed by atoms with Crippen LogP contribution in [0, 0.1) is 25.2 Å². The Hall–Kier alpha value is -2.42. The molecule has 0 saturated heterocycles. The molecule has 0 aromatic carbocycles. The molecule has 86 valence electrons. The molecule has 0 amide bonds. The molecule has 0 saturated carbocycles. The number of H-pyrrole nitrogens is 1. The van der Waals surface area contributed by atoms with Crippen molar-refractivity contribution in [1.82, 2.24) is 20.2 Å². The van der Waals surface area contributed by atoms with Gasteiger partial charge in [0, 0.05) is 12.4 Å². The van der Waals surface area contributed by atoms with Gasteiger partial charge in [-0.15, -0.1) is 5.10 Å². The zero-order valence-electron chi connectivity index (χ0n) is 9.65. The first-order chi connectivity index (χ1) is 8.22. The number of anilines is 1. The molecule has 17 heavy (non-hydrogen) atoms. The Morgan fingerprint density at radius 3 is 2.88 bits per heavy atom. The number of nitriles is 1. The van der Waals surface area contributed by atoms with E-state index >= 15 is 0 Å². The van der Waals surface area contributed by atoms with E-state index in [0.29, 0.717) is 17.9 Å². The van der Waals surface area contributed by atoms with Gasteiger partial charge in [-0.3, -0.25) is 0 Å². The van der Waals surface area contributed by atoms with E-state index in [2.05, 4.69) is 31.6 Å². The Bertz CT molecular complexity index is 552. The van der Waals surface area contributed by atoms with E-state index in [9.17, 15) is 0 Å². The molecule has 0 aliphatic heterocycles. The third-order valence-corrected chi connectivity index (χ3v) is 2.54. The van der Waals surface area contributed by atoms with Crippen molar-refractivity contribution in [1.29, 1.82) is 5.26 Å². The maximum Gasteiger partial charge on any atom is 0.167 e. The predicted octanol–water partition coefficient (Wildman–Crippen LogP) is 1.30. The van der Waals surface area contributed by atoms with E-state index < -0.39 is 0 Å². The maximum absolute atomic E-state index is 9.10. The summed E-state index contributed by atoms with van der Waals surface area (Å²) in [4.78, 5) is 7.04. The molecule has 2 heterocycles. The van der Waals surface area contributed by atoms with Crippen LogP contribution >= 0.6 is 0 Å². The van der Waals surface area contributed by atoms with Gasteiger partial charge in [0.1, 0.15) is 17.5 Å². The molecule has 0 aliphatic carbocycles. The molecule has 6 nitrogen and oxygen atoms in total. The van der Waals surface area contributed by atoms with Gasteiger partial charge in [0.2, 0.25) is 0 Å². The third kappa shape index (κ3) is 2.23. The molecule has 0 aliphatic rings. The first-order valence-corrected chi connectivity index (χ1v) is 5.18. The number of nitrogens with zero attached hydrogens (tertiary/aromatic N) is 4. The van der Waals surface area contributed by atoms with Gasteiger partial charge < -0.3 is 10.3 Å². The number of aromatic amines is 1. The molecule has 0 atom stereocenters. The van der Waals surface area contributed by atoms with Crippen LogP contribution in [0.25, 0.3) is 0 Å². The quantitative estimate of drug-likeness (QED) is 0.826. The maximum atomic E-state index is 9.10. The minimum atomic E-state index is 0.485. The normalized spacial score (nSPS) is 9.94. The molecule has 2 N–H and O–H groups in total. The van der Waals surface area contributed by atoms with Gasteiger partial charge in [0.15, 0.2) is 5.82 Å². The molecule has 0 fully saturated rings. The molecular weight excluding hydrogens is 216 g/mol. The Labute approximate surface area is 98.7 Å². The summed E-state index contributed by atoms with van der Waals surface area (Å²) in [5.41, 5.74) is 2.15. The van der Waals surface area contributed by atoms with Crippen molar-refractivity contribution < 1.29 is 0 Å². The SMILES string of the molecule is Cc1nnc(NCc2ncc[nH]2)c(C#N)c1C. The second-order valence-electron chi connectivity index (χ2n) is 3.64. The number of nitrogens with one attached hydrogen (secondary N) is 2. The summed E-state index contributed by atoms with van der Waals surface area (Å²) in [7, 11) is 0. The minimum Gasteiger partial charge on any atom is -0.360 e. The van der Waals surface area contributed by atoms with Crippen LogP contribution in [-0.2, 0) is 6.54 Å². The van der Waals surface area contributed by atoms with E-state index in [-0.39, 0.29) is 0 Å². The van der Waals surface area contributed by atoms with Crippen LogP contribution in [-0.4, -0.2) is 20.2 Å². The lowest BCUT2D eigenvalue weighted by atomic mass is 10.1. The van der Waals surface area contributed by atoms with Crippen LogP contribution < -0.4 is 5.32 Å². The highest BCUT2D eigenvalue weighted by molar-refractivity contribution is 5.55. The standard InChI is InChI=1S/C11H12N6/c1-7-8(2)16-17-11(9(7)5-12)15-6-10-13-3-4-14-10/h3-4H,6H2,1-2H3,(H,13,14)(H,15,17). The van der Waals surface area contributed by atoms with Crippen LogP contribution in [0.5, 0.6) is 0 Å². The van der Waals surface area contributed by atoms with Crippen molar-refractivity contribution in [3.63, 3.8) is 0 Å². The zero-order valence-corrected chi connectivity index (χ0v) is 9.65. The molecule has 2 aromatic rings. The number of hydrogen-bond acceptors (Lipinski definition) is 5. The summed E-state index contributed by atoms with van der Waals surface area (Å²) < 4.78 is 0. The average molecular weight is 228 g/mol. The zero-order chi connectivity index (χ0) is 12.3. The highest BCUT2D eigenvalue weighted by Gasteiger charge is 2.10. The Kier molecular flexibility index (Phi) is 3.01. The molecule has 2 aromatic heterocycles. The van der Waals surface area contributed by atoms with Crippen LogP contribution in [0.4, 0.5) is 5.82 Å². The lowest BCUT2D eigenvalue weighted by Gasteiger charge is -2.08. The van der Waals surface area contributed by atoms with E-state index in [0.717, 1.165) is 17.1 Å². The predicted molar refractivity (Wildman–Crippen MR) is 62.1 cm³/mol. The lowest BCUT2D eigenvalue weighted by Crippen LogP contribution is -2.08. The van der Waals surface area contributed by atoms with Gasteiger partial charge >= 0.3 is 0 Å². The van der Waals surface area contributed by atoms with Crippen LogP contribution in [0.15, 0.2) is 12.4 Å². The van der Waals surface area contributed by atoms with Crippen LogP contribution in [0.1, 0.15) is 22.6 Å². The molecule has 0 unspecified atom stereocenters. The van der Waals surface area contributed by atoms with Crippen LogP contribution in [0.3, 0.4) is 0 Å². The van der Waals surface area contributed by atoms with Gasteiger partial charge in [0.05, 0.1) is 12.2 Å². The number of imidazole rings is 1. The van der Waals surface area contributed by atoms with Gasteiger partial charge in [-0.05, 0) is 19.4 Å². The molecular formula is C11H12N6. The molecule has 0 radical (unpaired) electrons. The first kappa shape index (κ1) is 11.1. The fourth-order valence-corrected chi connectivity index (χ4v) is 1.43. The number of aromatic nitrogens is 4. The van der Waals surface area contributed by atoms with Crippen molar-refractivity contribution in [2.24, 2.45) is 0 Å². The van der Waals surface area contributed by atoms with Crippen LogP contribution in [0.2, 0.25) is 0 Å². The summed E-state index contributed by atoms with van der Waals surface area (Å²) in [5.74, 6) is 1.28. The summed E-state index contributed by atoms with van der Waals surface area (Å²) in [6.07, 6.45) is 3.42. The second-order valence-corrected chi connectivity index (χ2v) is 3.64. The van der Waals surface area contributed by atoms with Crippen molar-refractivity contribution in [3.8, 4) is 6.07 Å². The summed E-state index contributed by atoms with van der Waals surface area (Å²) in [6, 6.07) is 2.14. The number of aryl methyl sites for hydroxylation is 1. The third-order valence-electron chi connectivity index (χ3n) is 2.54. The van der Waals surface area contributed by atoms with E-state index in [1.54, 1.807) is 12.4 Å². The van der Waals surface area contributed by atoms with Crippen molar-refractivity contribution in [2.75, 3.05) is 5.32 Å². The monoisotopic (exact) mass is 228 g/mol. The second kappa shape index (κ2) is 4.61. The van der Waals surface area contributed by atoms with E-state index in [1.165, 1.54) is 0 Å². The summed E-state index contributed by atoms with van der Waals surface area (Å²) in [5, 5.41) is 20.1. The lowest BCUT2D eigenvalue weighted by molar-refractivity contribution is 0.921. The van der Waals surface area contributed by atoms with Gasteiger partial charge in [-0.1, -0.05) is 0 Å².